The average molecular weight is 456 g/mol. The number of hydrogen-bond donors (Lipinski definition) is 1. The lowest BCUT2D eigenvalue weighted by Gasteiger charge is -2.13. The summed E-state index contributed by atoms with van der Waals surface area (Å²) in [6, 6.07) is 22.8. The molecule has 0 spiro atoms. The summed E-state index contributed by atoms with van der Waals surface area (Å²) in [5.41, 5.74) is 1.17. The largest absolute Gasteiger partial charge is 0.434 e. The fraction of sp³-hybridized carbons (Fsp3) is 0.0833. The Balaban J connectivity index is 1.57. The number of alkyl halides is 3. The Bertz CT molecular complexity index is 1240. The van der Waals surface area contributed by atoms with E-state index in [1.54, 1.807) is 6.07 Å². The van der Waals surface area contributed by atoms with Crippen molar-refractivity contribution in [3.05, 3.63) is 107 Å². The van der Waals surface area contributed by atoms with Crippen LogP contribution in [0.1, 0.15) is 21.6 Å². The van der Waals surface area contributed by atoms with Gasteiger partial charge in [-0.1, -0.05) is 60.1 Å². The fourth-order valence-corrected chi connectivity index (χ4v) is 3.46. The molecule has 1 heterocycles. The summed E-state index contributed by atoms with van der Waals surface area (Å²) >= 11 is 5.82. The Labute approximate surface area is 187 Å². The molecule has 0 aliphatic heterocycles. The minimum absolute atomic E-state index is 0.0724. The molecule has 0 bridgehead atoms. The second kappa shape index (κ2) is 8.88. The minimum atomic E-state index is -4.78. The van der Waals surface area contributed by atoms with Crippen molar-refractivity contribution in [1.29, 1.82) is 0 Å². The number of hydrogen-bond acceptors (Lipinski definition) is 2. The summed E-state index contributed by atoms with van der Waals surface area (Å²) in [5, 5.41) is 6.75. The van der Waals surface area contributed by atoms with Gasteiger partial charge in [0.05, 0.1) is 17.4 Å². The lowest BCUT2D eigenvalue weighted by molar-refractivity contribution is -0.143. The van der Waals surface area contributed by atoms with Crippen LogP contribution in [0, 0.1) is 0 Å². The average Bonchev–Trinajstić information content (AvgIpc) is 3.25. The molecule has 0 saturated carbocycles. The van der Waals surface area contributed by atoms with Gasteiger partial charge < -0.3 is 5.32 Å². The molecule has 0 radical (unpaired) electrons. The van der Waals surface area contributed by atoms with Crippen LogP contribution in [0.5, 0.6) is 0 Å². The molecule has 4 aromatic rings. The summed E-state index contributed by atoms with van der Waals surface area (Å²) in [6.45, 7) is 0.0724. The molecule has 0 atom stereocenters. The number of carbonyl (C=O) groups excluding carboxylic acids is 1. The topological polar surface area (TPSA) is 46.9 Å². The lowest BCUT2D eigenvalue weighted by atomic mass is 10.0. The van der Waals surface area contributed by atoms with E-state index < -0.39 is 23.3 Å². The second-order valence-corrected chi connectivity index (χ2v) is 7.48. The van der Waals surface area contributed by atoms with E-state index in [1.807, 2.05) is 48.5 Å². The van der Waals surface area contributed by atoms with Gasteiger partial charge in [0.2, 0.25) is 0 Å². The lowest BCUT2D eigenvalue weighted by Crippen LogP contribution is -2.26. The van der Waals surface area contributed by atoms with E-state index in [4.69, 9.17) is 11.6 Å². The van der Waals surface area contributed by atoms with Gasteiger partial charge in [0.1, 0.15) is 0 Å². The van der Waals surface area contributed by atoms with Gasteiger partial charge >= 0.3 is 6.18 Å². The zero-order valence-electron chi connectivity index (χ0n) is 16.6. The molecule has 0 fully saturated rings. The van der Waals surface area contributed by atoms with Crippen molar-refractivity contribution in [2.75, 3.05) is 0 Å². The summed E-state index contributed by atoms with van der Waals surface area (Å²) in [7, 11) is 0. The first kappa shape index (κ1) is 21.6. The summed E-state index contributed by atoms with van der Waals surface area (Å²) in [5.74, 6) is -0.859. The maximum atomic E-state index is 13.8. The van der Waals surface area contributed by atoms with Crippen molar-refractivity contribution in [3.8, 4) is 16.8 Å². The number of amides is 1. The van der Waals surface area contributed by atoms with Gasteiger partial charge in [-0.2, -0.15) is 18.3 Å². The molecule has 4 nitrogen and oxygen atoms in total. The van der Waals surface area contributed by atoms with Gasteiger partial charge in [-0.05, 0) is 47.0 Å². The second-order valence-electron chi connectivity index (χ2n) is 7.04. The quantitative estimate of drug-likeness (QED) is 0.393. The minimum Gasteiger partial charge on any atom is -0.348 e. The van der Waals surface area contributed by atoms with Crippen LogP contribution in [-0.2, 0) is 12.7 Å². The summed E-state index contributed by atoms with van der Waals surface area (Å²) < 4.78 is 42.1. The third-order valence-electron chi connectivity index (χ3n) is 4.84. The Morgan fingerprint density at radius 3 is 2.31 bits per heavy atom. The molecule has 1 amide bonds. The van der Waals surface area contributed by atoms with E-state index in [-0.39, 0.29) is 12.2 Å². The van der Waals surface area contributed by atoms with Crippen LogP contribution in [0.25, 0.3) is 16.8 Å². The molecule has 32 heavy (non-hydrogen) atoms. The maximum Gasteiger partial charge on any atom is 0.434 e. The van der Waals surface area contributed by atoms with E-state index >= 15 is 0 Å². The first-order valence-electron chi connectivity index (χ1n) is 9.66. The molecule has 3 aromatic carbocycles. The normalized spacial score (nSPS) is 11.4. The van der Waals surface area contributed by atoms with Crippen LogP contribution in [0.3, 0.4) is 0 Å². The number of aromatic nitrogens is 2. The highest BCUT2D eigenvalue weighted by atomic mass is 35.5. The van der Waals surface area contributed by atoms with Crippen molar-refractivity contribution >= 4 is 17.5 Å². The van der Waals surface area contributed by atoms with Crippen LogP contribution >= 0.6 is 11.6 Å². The number of carbonyl (C=O) groups is 1. The monoisotopic (exact) mass is 455 g/mol. The van der Waals surface area contributed by atoms with Crippen LogP contribution in [-0.4, -0.2) is 15.7 Å². The molecule has 0 aliphatic rings. The number of nitrogens with one attached hydrogen (secondary N) is 1. The number of halogens is 4. The van der Waals surface area contributed by atoms with Gasteiger partial charge in [0, 0.05) is 11.6 Å². The third kappa shape index (κ3) is 4.68. The first-order valence-corrected chi connectivity index (χ1v) is 10.0. The smallest absolute Gasteiger partial charge is 0.348 e. The molecular formula is C24H17ClF3N3O. The predicted molar refractivity (Wildman–Crippen MR) is 117 cm³/mol. The van der Waals surface area contributed by atoms with Gasteiger partial charge in [0.25, 0.3) is 5.91 Å². The van der Waals surface area contributed by atoms with Crippen molar-refractivity contribution in [1.82, 2.24) is 15.1 Å². The highest BCUT2D eigenvalue weighted by Gasteiger charge is 2.40. The molecular weight excluding hydrogens is 439 g/mol. The van der Waals surface area contributed by atoms with Crippen molar-refractivity contribution in [2.24, 2.45) is 0 Å². The van der Waals surface area contributed by atoms with Crippen LogP contribution in [0.2, 0.25) is 5.02 Å². The highest BCUT2D eigenvalue weighted by molar-refractivity contribution is 6.30. The molecule has 162 valence electrons. The van der Waals surface area contributed by atoms with Gasteiger partial charge in [-0.25, -0.2) is 4.68 Å². The van der Waals surface area contributed by atoms with Gasteiger partial charge in [0.15, 0.2) is 5.69 Å². The molecule has 0 saturated heterocycles. The molecule has 1 N–H and O–H groups in total. The molecule has 1 aromatic heterocycles. The number of rotatable bonds is 5. The Morgan fingerprint density at radius 2 is 1.62 bits per heavy atom. The van der Waals surface area contributed by atoms with E-state index in [2.05, 4.69) is 10.4 Å². The molecule has 4 rings (SSSR count). The van der Waals surface area contributed by atoms with Gasteiger partial charge in [-0.15, -0.1) is 0 Å². The van der Waals surface area contributed by atoms with Crippen LogP contribution < -0.4 is 5.32 Å². The maximum absolute atomic E-state index is 13.8. The zero-order valence-corrected chi connectivity index (χ0v) is 17.4. The summed E-state index contributed by atoms with van der Waals surface area (Å²) in [4.78, 5) is 12.7. The predicted octanol–water partition coefficient (Wildman–Crippen LogP) is 6.14. The molecule has 8 heteroatoms. The van der Waals surface area contributed by atoms with Crippen molar-refractivity contribution < 1.29 is 18.0 Å². The van der Waals surface area contributed by atoms with Crippen molar-refractivity contribution in [3.63, 3.8) is 0 Å². The van der Waals surface area contributed by atoms with E-state index in [9.17, 15) is 18.0 Å². The van der Waals surface area contributed by atoms with E-state index in [1.165, 1.54) is 24.3 Å². The number of nitrogens with zero attached hydrogens (tertiary/aromatic N) is 2. The standard InChI is InChI=1S/C24H17ClF3N3O/c25-19-9-11-20(12-10-19)31-22(24(26,27)28)21(15-30-31)23(32)29-14-16-5-4-8-18(13-16)17-6-2-1-3-7-17/h1-13,15H,14H2,(H,29,32). The zero-order chi connectivity index (χ0) is 22.7. The molecule has 0 aliphatic carbocycles. The van der Waals surface area contributed by atoms with E-state index in [0.29, 0.717) is 9.70 Å². The third-order valence-corrected chi connectivity index (χ3v) is 5.09. The summed E-state index contributed by atoms with van der Waals surface area (Å²) in [6.07, 6.45) is -3.86. The van der Waals surface area contributed by atoms with Crippen molar-refractivity contribution in [2.45, 2.75) is 12.7 Å². The van der Waals surface area contributed by atoms with Crippen LogP contribution in [0.4, 0.5) is 13.2 Å². The Hall–Kier alpha value is -3.58. The van der Waals surface area contributed by atoms with Gasteiger partial charge in [-0.3, -0.25) is 4.79 Å². The van der Waals surface area contributed by atoms with Crippen LogP contribution in [0.15, 0.2) is 85.1 Å². The molecule has 0 unspecified atom stereocenters. The fourth-order valence-electron chi connectivity index (χ4n) is 3.33. The van der Waals surface area contributed by atoms with E-state index in [0.717, 1.165) is 22.9 Å². The Kier molecular flexibility index (Phi) is 6.01. The SMILES string of the molecule is O=C(NCc1cccc(-c2ccccc2)c1)c1cnn(-c2ccc(Cl)cc2)c1C(F)(F)F. The Morgan fingerprint density at radius 1 is 0.938 bits per heavy atom. The number of benzene rings is 3. The first-order chi connectivity index (χ1) is 15.3. The highest BCUT2D eigenvalue weighted by Crippen LogP contribution is 2.34.